The summed E-state index contributed by atoms with van der Waals surface area (Å²) >= 11 is 0. The fourth-order valence-electron chi connectivity index (χ4n) is 2.11. The molecule has 0 aromatic carbocycles. The van der Waals surface area contributed by atoms with Gasteiger partial charge in [0.2, 0.25) is 5.95 Å². The van der Waals surface area contributed by atoms with Crippen molar-refractivity contribution in [2.75, 3.05) is 30.7 Å². The molecule has 0 aliphatic heterocycles. The summed E-state index contributed by atoms with van der Waals surface area (Å²) in [6.07, 6.45) is 1.71. The number of nitrogens with one attached hydrogen (secondary N) is 2. The van der Waals surface area contributed by atoms with Crippen LogP contribution in [0, 0.1) is 0 Å². The number of likely N-dealkylation sites (N-methyl/N-ethyl adjacent to an activating group) is 1. The summed E-state index contributed by atoms with van der Waals surface area (Å²) in [6, 6.07) is 0.271. The Morgan fingerprint density at radius 2 is 2.11 bits per heavy atom. The van der Waals surface area contributed by atoms with E-state index in [4.69, 9.17) is 5.73 Å². The molecule has 0 aliphatic carbocycles. The number of aromatic amines is 1. The van der Waals surface area contributed by atoms with E-state index in [1.807, 2.05) is 0 Å². The molecule has 1 atom stereocenters. The average molecular weight is 263 g/mol. The molecule has 7 nitrogen and oxygen atoms in total. The zero-order valence-corrected chi connectivity index (χ0v) is 11.6. The lowest BCUT2D eigenvalue weighted by atomic mass is 10.3. The fraction of sp³-hybridized carbons (Fsp3) is 0.583. The molecule has 7 heteroatoms. The van der Waals surface area contributed by atoms with Crippen LogP contribution in [0.15, 0.2) is 6.20 Å². The summed E-state index contributed by atoms with van der Waals surface area (Å²) in [5.74, 6) is 0.977. The van der Waals surface area contributed by atoms with Crippen molar-refractivity contribution in [3.8, 4) is 0 Å². The molecular formula is C12H21N7. The summed E-state index contributed by atoms with van der Waals surface area (Å²) in [4.78, 5) is 10.7. The van der Waals surface area contributed by atoms with Crippen molar-refractivity contribution in [2.45, 2.75) is 26.8 Å². The number of fused-ring (bicyclic) bond motifs is 1. The van der Waals surface area contributed by atoms with Gasteiger partial charge in [0.1, 0.15) is 5.82 Å². The molecule has 2 rings (SSSR count). The van der Waals surface area contributed by atoms with Gasteiger partial charge in [-0.05, 0) is 20.0 Å². The number of rotatable bonds is 6. The molecule has 19 heavy (non-hydrogen) atoms. The Kier molecular flexibility index (Phi) is 4.16. The van der Waals surface area contributed by atoms with Gasteiger partial charge in [-0.25, -0.2) is 0 Å². The van der Waals surface area contributed by atoms with Gasteiger partial charge in [0, 0.05) is 12.6 Å². The van der Waals surface area contributed by atoms with Crippen molar-refractivity contribution in [3.05, 3.63) is 6.20 Å². The lowest BCUT2D eigenvalue weighted by Gasteiger charge is -2.23. The van der Waals surface area contributed by atoms with E-state index < -0.39 is 0 Å². The van der Waals surface area contributed by atoms with E-state index in [9.17, 15) is 0 Å². The molecule has 0 radical (unpaired) electrons. The molecule has 2 aromatic rings. The SMILES string of the molecule is CCN(CC)CC(C)Nc1nc(N)nc2[nH]ncc12. The van der Waals surface area contributed by atoms with Gasteiger partial charge >= 0.3 is 0 Å². The van der Waals surface area contributed by atoms with Crippen LogP contribution in [0.1, 0.15) is 20.8 Å². The molecule has 0 saturated heterocycles. The highest BCUT2D eigenvalue weighted by molar-refractivity contribution is 5.86. The van der Waals surface area contributed by atoms with Crippen LogP contribution in [-0.2, 0) is 0 Å². The standard InChI is InChI=1S/C12H21N7/c1-4-19(5-2)7-8(3)15-10-9-6-14-18-11(9)17-12(13)16-10/h6,8H,4-5,7H2,1-3H3,(H4,13,14,15,16,17,18). The van der Waals surface area contributed by atoms with E-state index >= 15 is 0 Å². The van der Waals surface area contributed by atoms with Gasteiger partial charge in [0.25, 0.3) is 0 Å². The van der Waals surface area contributed by atoms with Crippen molar-refractivity contribution in [1.82, 2.24) is 25.1 Å². The highest BCUT2D eigenvalue weighted by Crippen LogP contribution is 2.19. The van der Waals surface area contributed by atoms with Crippen LogP contribution in [0.5, 0.6) is 0 Å². The second-order valence-corrected chi connectivity index (χ2v) is 4.59. The van der Waals surface area contributed by atoms with Crippen LogP contribution in [0.3, 0.4) is 0 Å². The predicted molar refractivity (Wildman–Crippen MR) is 77.0 cm³/mol. The zero-order valence-electron chi connectivity index (χ0n) is 11.6. The lowest BCUT2D eigenvalue weighted by molar-refractivity contribution is 0.294. The number of nitrogen functional groups attached to an aromatic ring is 1. The van der Waals surface area contributed by atoms with Crippen LogP contribution < -0.4 is 11.1 Å². The molecule has 0 amide bonds. The topological polar surface area (TPSA) is 95.7 Å². The van der Waals surface area contributed by atoms with Gasteiger partial charge in [-0.3, -0.25) is 5.10 Å². The number of nitrogens with zero attached hydrogens (tertiary/aromatic N) is 4. The van der Waals surface area contributed by atoms with Gasteiger partial charge < -0.3 is 16.0 Å². The molecule has 1 unspecified atom stereocenters. The van der Waals surface area contributed by atoms with E-state index in [0.717, 1.165) is 30.8 Å². The molecule has 2 heterocycles. The lowest BCUT2D eigenvalue weighted by Crippen LogP contribution is -2.35. The Labute approximate surface area is 112 Å². The van der Waals surface area contributed by atoms with E-state index in [0.29, 0.717) is 5.65 Å². The third kappa shape index (κ3) is 3.11. The zero-order chi connectivity index (χ0) is 13.8. The number of nitrogens with two attached hydrogens (primary N) is 1. The summed E-state index contributed by atoms with van der Waals surface area (Å²) in [5.41, 5.74) is 6.35. The van der Waals surface area contributed by atoms with E-state index in [2.05, 4.69) is 51.2 Å². The number of aromatic nitrogens is 4. The first kappa shape index (κ1) is 13.5. The molecule has 0 bridgehead atoms. The van der Waals surface area contributed by atoms with Crippen LogP contribution in [-0.4, -0.2) is 50.7 Å². The van der Waals surface area contributed by atoms with Crippen LogP contribution in [0.4, 0.5) is 11.8 Å². The first-order valence-corrected chi connectivity index (χ1v) is 6.59. The van der Waals surface area contributed by atoms with Gasteiger partial charge in [-0.1, -0.05) is 13.8 Å². The minimum absolute atomic E-state index is 0.245. The molecule has 0 aliphatic rings. The third-order valence-corrected chi connectivity index (χ3v) is 3.14. The first-order valence-electron chi connectivity index (χ1n) is 6.59. The van der Waals surface area contributed by atoms with Crippen molar-refractivity contribution in [1.29, 1.82) is 0 Å². The molecule has 4 N–H and O–H groups in total. The van der Waals surface area contributed by atoms with E-state index in [-0.39, 0.29) is 12.0 Å². The fourth-order valence-corrected chi connectivity index (χ4v) is 2.11. The molecule has 0 spiro atoms. The summed E-state index contributed by atoms with van der Waals surface area (Å²) in [5, 5.41) is 11.0. The minimum atomic E-state index is 0.245. The molecule has 0 fully saturated rings. The first-order chi connectivity index (χ1) is 9.13. The maximum atomic E-state index is 5.69. The number of anilines is 2. The van der Waals surface area contributed by atoms with Crippen LogP contribution in [0.2, 0.25) is 0 Å². The highest BCUT2D eigenvalue weighted by atomic mass is 15.2. The molecule has 2 aromatic heterocycles. The largest absolute Gasteiger partial charge is 0.368 e. The second kappa shape index (κ2) is 5.83. The van der Waals surface area contributed by atoms with E-state index in [1.54, 1.807) is 6.20 Å². The minimum Gasteiger partial charge on any atom is -0.368 e. The van der Waals surface area contributed by atoms with E-state index in [1.165, 1.54) is 0 Å². The van der Waals surface area contributed by atoms with Crippen molar-refractivity contribution in [3.63, 3.8) is 0 Å². The monoisotopic (exact) mass is 263 g/mol. The normalized spacial score (nSPS) is 13.1. The van der Waals surface area contributed by atoms with Crippen molar-refractivity contribution >= 4 is 22.8 Å². The van der Waals surface area contributed by atoms with Gasteiger partial charge in [0.05, 0.1) is 11.6 Å². The maximum absolute atomic E-state index is 5.69. The molecular weight excluding hydrogens is 242 g/mol. The van der Waals surface area contributed by atoms with Gasteiger partial charge in [-0.15, -0.1) is 0 Å². The Hall–Kier alpha value is -1.89. The number of H-pyrrole nitrogens is 1. The molecule has 0 saturated carbocycles. The summed E-state index contributed by atoms with van der Waals surface area (Å²) < 4.78 is 0. The number of hydrogen-bond acceptors (Lipinski definition) is 6. The second-order valence-electron chi connectivity index (χ2n) is 4.59. The Bertz CT molecular complexity index is 532. The highest BCUT2D eigenvalue weighted by Gasteiger charge is 2.12. The Balaban J connectivity index is 2.14. The van der Waals surface area contributed by atoms with Crippen molar-refractivity contribution in [2.24, 2.45) is 0 Å². The van der Waals surface area contributed by atoms with Crippen LogP contribution in [0.25, 0.3) is 11.0 Å². The summed E-state index contributed by atoms with van der Waals surface area (Å²) in [6.45, 7) is 9.48. The Morgan fingerprint density at radius 3 is 2.79 bits per heavy atom. The molecule has 104 valence electrons. The summed E-state index contributed by atoms with van der Waals surface area (Å²) in [7, 11) is 0. The maximum Gasteiger partial charge on any atom is 0.224 e. The Morgan fingerprint density at radius 1 is 1.37 bits per heavy atom. The smallest absolute Gasteiger partial charge is 0.224 e. The van der Waals surface area contributed by atoms with Crippen molar-refractivity contribution < 1.29 is 0 Å². The third-order valence-electron chi connectivity index (χ3n) is 3.14. The van der Waals surface area contributed by atoms with Gasteiger partial charge in [-0.2, -0.15) is 15.1 Å². The van der Waals surface area contributed by atoms with Crippen LogP contribution >= 0.6 is 0 Å². The predicted octanol–water partition coefficient (Wildman–Crippen LogP) is 1.08. The quantitative estimate of drug-likeness (QED) is 0.721. The van der Waals surface area contributed by atoms with Gasteiger partial charge in [0.15, 0.2) is 5.65 Å². The average Bonchev–Trinajstić information content (AvgIpc) is 2.84. The number of hydrogen-bond donors (Lipinski definition) is 3.